The SMILES string of the molecule is COc1ccc2cc(-c3ccc(C)cc3)oc2c1. The van der Waals surface area contributed by atoms with Crippen molar-refractivity contribution in [2.45, 2.75) is 6.92 Å². The molecule has 0 saturated heterocycles. The highest BCUT2D eigenvalue weighted by Gasteiger charge is 2.06. The molecule has 0 radical (unpaired) electrons. The van der Waals surface area contributed by atoms with Gasteiger partial charge in [-0.2, -0.15) is 0 Å². The summed E-state index contributed by atoms with van der Waals surface area (Å²) in [5.41, 5.74) is 3.19. The number of ether oxygens (including phenoxy) is 1. The molecule has 2 heteroatoms. The van der Waals surface area contributed by atoms with E-state index < -0.39 is 0 Å². The second-order valence-electron chi connectivity index (χ2n) is 4.38. The zero-order valence-corrected chi connectivity index (χ0v) is 10.4. The van der Waals surface area contributed by atoms with Crippen molar-refractivity contribution in [3.63, 3.8) is 0 Å². The van der Waals surface area contributed by atoms with Crippen molar-refractivity contribution in [2.24, 2.45) is 0 Å². The van der Waals surface area contributed by atoms with E-state index in [-0.39, 0.29) is 0 Å². The maximum atomic E-state index is 5.86. The summed E-state index contributed by atoms with van der Waals surface area (Å²) in [4.78, 5) is 0. The number of rotatable bonds is 2. The topological polar surface area (TPSA) is 22.4 Å². The van der Waals surface area contributed by atoms with Gasteiger partial charge in [-0.25, -0.2) is 0 Å². The van der Waals surface area contributed by atoms with Gasteiger partial charge < -0.3 is 9.15 Å². The molecule has 3 rings (SSSR count). The summed E-state index contributed by atoms with van der Waals surface area (Å²) in [6.45, 7) is 2.08. The molecule has 0 N–H and O–H groups in total. The van der Waals surface area contributed by atoms with Crippen LogP contribution in [-0.4, -0.2) is 7.11 Å². The number of hydrogen-bond acceptors (Lipinski definition) is 2. The Kier molecular flexibility index (Phi) is 2.56. The van der Waals surface area contributed by atoms with Crippen LogP contribution in [0.4, 0.5) is 0 Å². The van der Waals surface area contributed by atoms with Gasteiger partial charge in [0.2, 0.25) is 0 Å². The third-order valence-corrected chi connectivity index (χ3v) is 3.06. The number of benzene rings is 2. The monoisotopic (exact) mass is 238 g/mol. The van der Waals surface area contributed by atoms with Gasteiger partial charge in [-0.1, -0.05) is 29.8 Å². The van der Waals surface area contributed by atoms with Gasteiger partial charge in [-0.15, -0.1) is 0 Å². The van der Waals surface area contributed by atoms with Gasteiger partial charge in [-0.3, -0.25) is 0 Å². The molecule has 0 bridgehead atoms. The minimum atomic E-state index is 0.812. The average molecular weight is 238 g/mol. The third-order valence-electron chi connectivity index (χ3n) is 3.06. The fourth-order valence-corrected chi connectivity index (χ4v) is 2.00. The van der Waals surface area contributed by atoms with Crippen molar-refractivity contribution in [3.8, 4) is 17.1 Å². The Labute approximate surface area is 106 Å². The van der Waals surface area contributed by atoms with E-state index in [0.29, 0.717) is 0 Å². The van der Waals surface area contributed by atoms with Crippen LogP contribution in [0.25, 0.3) is 22.3 Å². The molecule has 0 spiro atoms. The maximum Gasteiger partial charge on any atom is 0.138 e. The molecule has 3 aromatic rings. The largest absolute Gasteiger partial charge is 0.497 e. The van der Waals surface area contributed by atoms with Gasteiger partial charge in [0.05, 0.1) is 7.11 Å². The van der Waals surface area contributed by atoms with Crippen LogP contribution in [0.1, 0.15) is 5.56 Å². The lowest BCUT2D eigenvalue weighted by atomic mass is 10.1. The second-order valence-corrected chi connectivity index (χ2v) is 4.38. The molecule has 0 unspecified atom stereocenters. The Morgan fingerprint density at radius 1 is 0.944 bits per heavy atom. The molecule has 1 heterocycles. The number of methoxy groups -OCH3 is 1. The van der Waals surface area contributed by atoms with E-state index in [4.69, 9.17) is 9.15 Å². The van der Waals surface area contributed by atoms with Gasteiger partial charge in [0.1, 0.15) is 17.1 Å². The minimum absolute atomic E-state index is 0.812. The van der Waals surface area contributed by atoms with Crippen LogP contribution >= 0.6 is 0 Å². The molecule has 0 saturated carbocycles. The fourth-order valence-electron chi connectivity index (χ4n) is 2.00. The van der Waals surface area contributed by atoms with E-state index in [0.717, 1.165) is 28.0 Å². The maximum absolute atomic E-state index is 5.86. The summed E-state index contributed by atoms with van der Waals surface area (Å²) in [5, 5.41) is 1.09. The first-order valence-electron chi connectivity index (χ1n) is 5.91. The van der Waals surface area contributed by atoms with Crippen LogP contribution in [-0.2, 0) is 0 Å². The molecular weight excluding hydrogens is 224 g/mol. The highest BCUT2D eigenvalue weighted by molar-refractivity contribution is 5.83. The molecule has 0 atom stereocenters. The fraction of sp³-hybridized carbons (Fsp3) is 0.125. The molecule has 1 aromatic heterocycles. The number of furan rings is 1. The first-order valence-corrected chi connectivity index (χ1v) is 5.91. The second kappa shape index (κ2) is 4.22. The standard InChI is InChI=1S/C16H14O2/c1-11-3-5-12(6-4-11)15-9-13-7-8-14(17-2)10-16(13)18-15/h3-10H,1-2H3. The highest BCUT2D eigenvalue weighted by atomic mass is 16.5. The molecular formula is C16H14O2. The van der Waals surface area contributed by atoms with Crippen LogP contribution in [0.5, 0.6) is 5.75 Å². The first kappa shape index (κ1) is 10.9. The smallest absolute Gasteiger partial charge is 0.138 e. The number of aryl methyl sites for hydroxylation is 1. The summed E-state index contributed by atoms with van der Waals surface area (Å²) >= 11 is 0. The summed E-state index contributed by atoms with van der Waals surface area (Å²) in [6, 6.07) is 16.2. The lowest BCUT2D eigenvalue weighted by molar-refractivity contribution is 0.414. The highest BCUT2D eigenvalue weighted by Crippen LogP contribution is 2.30. The molecule has 0 amide bonds. The summed E-state index contributed by atoms with van der Waals surface area (Å²) in [7, 11) is 1.66. The van der Waals surface area contributed by atoms with Gasteiger partial charge in [-0.05, 0) is 25.1 Å². The van der Waals surface area contributed by atoms with Crippen molar-refractivity contribution in [2.75, 3.05) is 7.11 Å². The van der Waals surface area contributed by atoms with Crippen LogP contribution in [0.3, 0.4) is 0 Å². The van der Waals surface area contributed by atoms with E-state index in [1.165, 1.54) is 5.56 Å². The zero-order valence-electron chi connectivity index (χ0n) is 10.4. The summed E-state index contributed by atoms with van der Waals surface area (Å²) < 4.78 is 11.0. The zero-order chi connectivity index (χ0) is 12.5. The Hall–Kier alpha value is -2.22. The van der Waals surface area contributed by atoms with Gasteiger partial charge >= 0.3 is 0 Å². The summed E-state index contributed by atoms with van der Waals surface area (Å²) in [6.07, 6.45) is 0. The van der Waals surface area contributed by atoms with Crippen molar-refractivity contribution < 1.29 is 9.15 Å². The van der Waals surface area contributed by atoms with Crippen LogP contribution in [0.2, 0.25) is 0 Å². The predicted molar refractivity (Wildman–Crippen MR) is 72.9 cm³/mol. The van der Waals surface area contributed by atoms with E-state index in [2.05, 4.69) is 37.3 Å². The molecule has 2 nitrogen and oxygen atoms in total. The van der Waals surface area contributed by atoms with Gasteiger partial charge in [0, 0.05) is 17.0 Å². The van der Waals surface area contributed by atoms with E-state index >= 15 is 0 Å². The normalized spacial score (nSPS) is 10.8. The molecule has 0 aliphatic carbocycles. The molecule has 0 aliphatic heterocycles. The predicted octanol–water partition coefficient (Wildman–Crippen LogP) is 4.42. The Morgan fingerprint density at radius 2 is 1.72 bits per heavy atom. The first-order chi connectivity index (χ1) is 8.76. The van der Waals surface area contributed by atoms with Crippen molar-refractivity contribution in [3.05, 3.63) is 54.1 Å². The Morgan fingerprint density at radius 3 is 2.44 bits per heavy atom. The molecule has 18 heavy (non-hydrogen) atoms. The summed E-state index contributed by atoms with van der Waals surface area (Å²) in [5.74, 6) is 1.70. The molecule has 0 fully saturated rings. The molecule has 90 valence electrons. The number of fused-ring (bicyclic) bond motifs is 1. The van der Waals surface area contributed by atoms with Crippen LogP contribution < -0.4 is 4.74 Å². The minimum Gasteiger partial charge on any atom is -0.497 e. The lowest BCUT2D eigenvalue weighted by Crippen LogP contribution is -1.79. The molecule has 0 aliphatic rings. The Bertz CT molecular complexity index is 678. The van der Waals surface area contributed by atoms with Crippen LogP contribution in [0, 0.1) is 6.92 Å². The van der Waals surface area contributed by atoms with Crippen molar-refractivity contribution in [1.82, 2.24) is 0 Å². The van der Waals surface area contributed by atoms with Gasteiger partial charge in [0.25, 0.3) is 0 Å². The quantitative estimate of drug-likeness (QED) is 0.659. The average Bonchev–Trinajstić information content (AvgIpc) is 2.82. The van der Waals surface area contributed by atoms with E-state index in [1.54, 1.807) is 7.11 Å². The third kappa shape index (κ3) is 1.86. The van der Waals surface area contributed by atoms with Crippen molar-refractivity contribution >= 4 is 11.0 Å². The van der Waals surface area contributed by atoms with Crippen molar-refractivity contribution in [1.29, 1.82) is 0 Å². The van der Waals surface area contributed by atoms with Gasteiger partial charge in [0.15, 0.2) is 0 Å². The Balaban J connectivity index is 2.10. The van der Waals surface area contributed by atoms with E-state index in [9.17, 15) is 0 Å². The molecule has 2 aromatic carbocycles. The lowest BCUT2D eigenvalue weighted by Gasteiger charge is -1.97. The number of hydrogen-bond donors (Lipinski definition) is 0. The van der Waals surface area contributed by atoms with E-state index in [1.807, 2.05) is 18.2 Å². The van der Waals surface area contributed by atoms with Crippen LogP contribution in [0.15, 0.2) is 52.9 Å².